The van der Waals surface area contributed by atoms with E-state index in [0.717, 1.165) is 48.4 Å². The number of hydrogen-bond donors (Lipinski definition) is 1. The molecule has 3 aliphatic carbocycles. The van der Waals surface area contributed by atoms with Gasteiger partial charge in [-0.1, -0.05) is 70.6 Å². The highest BCUT2D eigenvalue weighted by atomic mass is 32.2. The lowest BCUT2D eigenvalue weighted by atomic mass is 9.86. The van der Waals surface area contributed by atoms with Gasteiger partial charge in [0.15, 0.2) is 0 Å². The number of alkyl halides is 3. The third kappa shape index (κ3) is 9.45. The molecule has 6 rings (SSSR count). The molecule has 5 atom stereocenters. The standard InChI is InChI=1S/C40H49F3N2O5S.C2H6/c1-8-22(4)38(51-35-19-28(39(46)47-7)16-30(24(35)6)23(5)21(2)3)44-32-17-27-15-26(32)18-34(27)48-20-31-36(45-50-37(31)25-13-14-25)29-11-9-10-12-33(29)49-40(41,42)43;1-2/h9-12,16,19,21,23,25-27,32,34,44H,8,13-15,17-18,20H2,1-7H3;1-2H3/t23?,26?,27?,32-,34-;/m0./s1. The summed E-state index contributed by atoms with van der Waals surface area (Å²) in [7, 11) is 1.42. The van der Waals surface area contributed by atoms with Crippen molar-refractivity contribution in [1.82, 2.24) is 10.5 Å². The van der Waals surface area contributed by atoms with Crippen LogP contribution in [0.15, 0.2) is 56.4 Å². The van der Waals surface area contributed by atoms with Crippen molar-refractivity contribution >= 4 is 17.7 Å². The minimum Gasteiger partial charge on any atom is -0.465 e. The lowest BCUT2D eigenvalue weighted by Gasteiger charge is -2.31. The molecule has 0 radical (unpaired) electrons. The molecule has 290 valence electrons. The average molecular weight is 757 g/mol. The number of benzene rings is 2. The Hall–Kier alpha value is -3.44. The summed E-state index contributed by atoms with van der Waals surface area (Å²) < 4.78 is 61.5. The Labute approximate surface area is 316 Å². The number of allylic oxidation sites excluding steroid dienone is 1. The van der Waals surface area contributed by atoms with Gasteiger partial charge in [0, 0.05) is 28.0 Å². The second-order valence-corrected chi connectivity index (χ2v) is 15.8. The highest BCUT2D eigenvalue weighted by Crippen LogP contribution is 2.50. The first kappa shape index (κ1) is 40.7. The zero-order valence-electron chi connectivity index (χ0n) is 32.5. The van der Waals surface area contributed by atoms with Gasteiger partial charge in [-0.15, -0.1) is 13.2 Å². The van der Waals surface area contributed by atoms with Crippen molar-refractivity contribution < 1.29 is 36.7 Å². The minimum absolute atomic E-state index is 0.0379. The van der Waals surface area contributed by atoms with Crippen molar-refractivity contribution in [2.24, 2.45) is 17.8 Å². The van der Waals surface area contributed by atoms with E-state index >= 15 is 0 Å². The zero-order valence-corrected chi connectivity index (χ0v) is 33.3. The summed E-state index contributed by atoms with van der Waals surface area (Å²) in [4.78, 5) is 13.8. The van der Waals surface area contributed by atoms with Crippen LogP contribution in [0.4, 0.5) is 13.2 Å². The second kappa shape index (κ2) is 17.4. The fraction of sp³-hybridized carbons (Fsp3) is 0.571. The van der Waals surface area contributed by atoms with E-state index in [2.05, 4.69) is 56.8 Å². The van der Waals surface area contributed by atoms with Crippen LogP contribution >= 0.6 is 11.8 Å². The molecule has 3 saturated carbocycles. The van der Waals surface area contributed by atoms with Gasteiger partial charge in [0.25, 0.3) is 0 Å². The number of thioether (sulfide) groups is 1. The molecule has 2 aromatic carbocycles. The molecule has 1 N–H and O–H groups in total. The lowest BCUT2D eigenvalue weighted by molar-refractivity contribution is -0.274. The Morgan fingerprint density at radius 3 is 2.40 bits per heavy atom. The van der Waals surface area contributed by atoms with Gasteiger partial charge in [-0.2, -0.15) is 0 Å². The van der Waals surface area contributed by atoms with E-state index in [-0.39, 0.29) is 47.9 Å². The molecular weight excluding hydrogens is 702 g/mol. The minimum atomic E-state index is -4.83. The molecule has 0 saturated heterocycles. The summed E-state index contributed by atoms with van der Waals surface area (Å²) in [5.41, 5.74) is 5.48. The average Bonchev–Trinajstić information content (AvgIpc) is 3.60. The zero-order chi connectivity index (χ0) is 38.6. The van der Waals surface area contributed by atoms with Crippen LogP contribution in [0, 0.1) is 24.7 Å². The summed E-state index contributed by atoms with van der Waals surface area (Å²) >= 11 is 1.70. The van der Waals surface area contributed by atoms with Crippen LogP contribution in [0.5, 0.6) is 5.75 Å². The van der Waals surface area contributed by atoms with E-state index in [1.807, 2.05) is 26.0 Å². The van der Waals surface area contributed by atoms with Crippen LogP contribution < -0.4 is 10.1 Å². The first-order chi connectivity index (χ1) is 25.3. The number of para-hydroxylation sites is 1. The lowest BCUT2D eigenvalue weighted by Crippen LogP contribution is -2.37. The number of aromatic nitrogens is 1. The number of halogens is 3. The third-order valence-electron chi connectivity index (χ3n) is 11.1. The highest BCUT2D eigenvalue weighted by molar-refractivity contribution is 8.03. The van der Waals surface area contributed by atoms with Gasteiger partial charge in [0.05, 0.1) is 30.4 Å². The predicted molar refractivity (Wildman–Crippen MR) is 203 cm³/mol. The Morgan fingerprint density at radius 2 is 1.79 bits per heavy atom. The number of fused-ring (bicyclic) bond motifs is 2. The summed E-state index contributed by atoms with van der Waals surface area (Å²) in [6.45, 7) is 17.3. The first-order valence-electron chi connectivity index (χ1n) is 19.1. The van der Waals surface area contributed by atoms with Gasteiger partial charge in [-0.25, -0.2) is 4.79 Å². The Balaban J connectivity index is 0.00000266. The molecule has 3 unspecified atom stereocenters. The molecule has 3 fully saturated rings. The normalized spacial score (nSPS) is 21.9. The molecule has 0 spiro atoms. The molecule has 2 bridgehead atoms. The SMILES string of the molecule is CC.CCC(C)=C(N[C@H]1CC2CC1C[C@@H]2OCc1c(-c2ccccc2OC(F)(F)F)noc1C1CC1)Sc1cc(C(=O)OC)cc(C(C)C(C)C)c1C. The van der Waals surface area contributed by atoms with Crippen molar-refractivity contribution in [3.8, 4) is 17.0 Å². The first-order valence-corrected chi connectivity index (χ1v) is 19.9. The van der Waals surface area contributed by atoms with E-state index in [9.17, 15) is 18.0 Å². The quantitative estimate of drug-likeness (QED) is 0.129. The number of methoxy groups -OCH3 is 1. The molecule has 1 aromatic heterocycles. The maximum absolute atomic E-state index is 13.2. The molecule has 7 nitrogen and oxygen atoms in total. The van der Waals surface area contributed by atoms with Crippen molar-refractivity contribution in [2.75, 3.05) is 7.11 Å². The highest BCUT2D eigenvalue weighted by Gasteiger charge is 2.47. The van der Waals surface area contributed by atoms with Crippen LogP contribution in [-0.2, 0) is 16.1 Å². The van der Waals surface area contributed by atoms with E-state index in [1.165, 1.54) is 35.9 Å². The second-order valence-electron chi connectivity index (χ2n) is 14.8. The van der Waals surface area contributed by atoms with Crippen LogP contribution in [-0.4, -0.2) is 36.7 Å². The van der Waals surface area contributed by atoms with Crippen molar-refractivity contribution in [3.05, 3.63) is 75.0 Å². The summed E-state index contributed by atoms with van der Waals surface area (Å²) in [6, 6.07) is 10.3. The van der Waals surface area contributed by atoms with Gasteiger partial charge in [-0.05, 0) is 117 Å². The number of nitrogens with zero attached hydrogens (tertiary/aromatic N) is 1. The van der Waals surface area contributed by atoms with E-state index < -0.39 is 6.36 Å². The number of carbonyl (C=O) groups excluding carboxylic acids is 1. The number of hydrogen-bond acceptors (Lipinski definition) is 8. The molecule has 3 aliphatic rings. The topological polar surface area (TPSA) is 82.8 Å². The van der Waals surface area contributed by atoms with Gasteiger partial charge in [-0.3, -0.25) is 0 Å². The molecule has 0 aliphatic heterocycles. The Morgan fingerprint density at radius 1 is 1.08 bits per heavy atom. The number of rotatable bonds is 14. The van der Waals surface area contributed by atoms with Crippen LogP contribution in [0.25, 0.3) is 11.3 Å². The monoisotopic (exact) mass is 756 g/mol. The maximum atomic E-state index is 13.2. The van der Waals surface area contributed by atoms with Crippen LogP contribution in [0.1, 0.15) is 132 Å². The summed E-state index contributed by atoms with van der Waals surface area (Å²) in [5.74, 6) is 1.75. The van der Waals surface area contributed by atoms with Crippen molar-refractivity contribution in [3.63, 3.8) is 0 Å². The predicted octanol–water partition coefficient (Wildman–Crippen LogP) is 11.7. The number of nitrogens with one attached hydrogen (secondary N) is 1. The van der Waals surface area contributed by atoms with Crippen molar-refractivity contribution in [2.45, 2.75) is 136 Å². The van der Waals surface area contributed by atoms with Gasteiger partial charge in [0.1, 0.15) is 17.2 Å². The fourth-order valence-corrected chi connectivity index (χ4v) is 8.78. The molecule has 1 heterocycles. The Bertz CT molecular complexity index is 1770. The van der Waals surface area contributed by atoms with Gasteiger partial charge in [0.2, 0.25) is 0 Å². The largest absolute Gasteiger partial charge is 0.573 e. The smallest absolute Gasteiger partial charge is 0.465 e. The maximum Gasteiger partial charge on any atom is 0.573 e. The van der Waals surface area contributed by atoms with Gasteiger partial charge < -0.3 is 24.1 Å². The third-order valence-corrected chi connectivity index (χ3v) is 12.4. The van der Waals surface area contributed by atoms with Crippen molar-refractivity contribution in [1.29, 1.82) is 0 Å². The number of ether oxygens (including phenoxy) is 3. The summed E-state index contributed by atoms with van der Waals surface area (Å²) in [6.07, 6.45) is 0.927. The fourth-order valence-electron chi connectivity index (χ4n) is 7.57. The van der Waals surface area contributed by atoms with Gasteiger partial charge >= 0.3 is 12.3 Å². The molecule has 11 heteroatoms. The number of esters is 1. The van der Waals surface area contributed by atoms with E-state index in [0.29, 0.717) is 40.3 Å². The van der Waals surface area contributed by atoms with Crippen LogP contribution in [0.2, 0.25) is 0 Å². The summed E-state index contributed by atoms with van der Waals surface area (Å²) in [5, 5.41) is 9.29. The number of carbonyl (C=O) groups is 1. The van der Waals surface area contributed by atoms with E-state index in [4.69, 9.17) is 14.0 Å². The molecule has 0 amide bonds. The molecule has 53 heavy (non-hydrogen) atoms. The van der Waals surface area contributed by atoms with Crippen LogP contribution in [0.3, 0.4) is 0 Å². The van der Waals surface area contributed by atoms with E-state index in [1.54, 1.807) is 23.9 Å². The Kier molecular flexibility index (Phi) is 13.3. The molecule has 3 aromatic rings. The molecular formula is C42H55F3N2O5S.